The molecule has 2 N–H and O–H groups in total. The molecular weight excluding hydrogens is 303 g/mol. The molecule has 0 spiro atoms. The largest absolute Gasteiger partial charge is 0.535 e. The van der Waals surface area contributed by atoms with Crippen molar-refractivity contribution in [3.05, 3.63) is 0 Å². The third-order valence-electron chi connectivity index (χ3n) is 1.82. The van der Waals surface area contributed by atoms with Crippen LogP contribution in [0.25, 0.3) is 0 Å². The summed E-state index contributed by atoms with van der Waals surface area (Å²) in [6.07, 6.45) is -1.15. The van der Waals surface area contributed by atoms with Gasteiger partial charge in [0, 0.05) is 0 Å². The van der Waals surface area contributed by atoms with Gasteiger partial charge in [0.2, 0.25) is 0 Å². The monoisotopic (exact) mass is 324 g/mol. The third kappa shape index (κ3) is 7.22. The summed E-state index contributed by atoms with van der Waals surface area (Å²) < 4.78 is 26.8. The third-order valence-corrected chi connectivity index (χ3v) is 3.84. The number of hydrogen-bond acceptors (Lipinski definition) is 8. The summed E-state index contributed by atoms with van der Waals surface area (Å²) in [6.45, 7) is 6.81. The first-order chi connectivity index (χ1) is 9.76. The SMILES string of the molecule is CCOP(=O)(OCC)/C(=N/OC(=O)OCC(C)C)C(N)=O. The Morgan fingerprint density at radius 1 is 1.19 bits per heavy atom. The molecule has 21 heavy (non-hydrogen) atoms. The Bertz CT molecular complexity index is 426. The second-order valence-corrected chi connectivity index (χ2v) is 6.09. The van der Waals surface area contributed by atoms with Crippen LogP contribution in [0.3, 0.4) is 0 Å². The van der Waals surface area contributed by atoms with E-state index in [0.717, 1.165) is 0 Å². The lowest BCUT2D eigenvalue weighted by Crippen LogP contribution is -2.26. The standard InChI is InChI=1S/C11H21N2O7P/c1-5-18-21(16,19-6-2)10(9(12)14)13-20-11(15)17-7-8(3)4/h8H,5-7H2,1-4H3,(H2,12,14)/b13-10+. The number of hydrogen-bond donors (Lipinski definition) is 1. The molecule has 0 aromatic carbocycles. The maximum absolute atomic E-state index is 12.3. The van der Waals surface area contributed by atoms with Crippen LogP contribution in [0.2, 0.25) is 0 Å². The van der Waals surface area contributed by atoms with E-state index in [2.05, 4.69) is 14.7 Å². The highest BCUT2D eigenvalue weighted by Crippen LogP contribution is 2.49. The number of rotatable bonds is 9. The van der Waals surface area contributed by atoms with Crippen LogP contribution in [0.1, 0.15) is 27.7 Å². The summed E-state index contributed by atoms with van der Waals surface area (Å²) in [7, 11) is -4.04. The van der Waals surface area contributed by atoms with E-state index in [9.17, 15) is 14.2 Å². The van der Waals surface area contributed by atoms with Crippen molar-refractivity contribution in [1.82, 2.24) is 0 Å². The van der Waals surface area contributed by atoms with Gasteiger partial charge in [0.15, 0.2) is 0 Å². The molecule has 0 radical (unpaired) electrons. The van der Waals surface area contributed by atoms with E-state index in [-0.39, 0.29) is 25.7 Å². The van der Waals surface area contributed by atoms with E-state index >= 15 is 0 Å². The number of amides is 1. The fourth-order valence-electron chi connectivity index (χ4n) is 1.07. The maximum atomic E-state index is 12.3. The summed E-state index contributed by atoms with van der Waals surface area (Å²) in [6, 6.07) is 0. The number of nitrogens with zero attached hydrogens (tertiary/aromatic N) is 1. The second kappa shape index (κ2) is 9.49. The van der Waals surface area contributed by atoms with Crippen LogP contribution in [0.4, 0.5) is 4.79 Å². The minimum atomic E-state index is -4.04. The normalized spacial score (nSPS) is 12.3. The van der Waals surface area contributed by atoms with Crippen LogP contribution in [0.15, 0.2) is 5.16 Å². The lowest BCUT2D eigenvalue weighted by Gasteiger charge is -2.16. The second-order valence-electron chi connectivity index (χ2n) is 4.16. The van der Waals surface area contributed by atoms with Crippen molar-refractivity contribution in [2.24, 2.45) is 16.8 Å². The molecule has 0 rings (SSSR count). The molecule has 9 nitrogen and oxygen atoms in total. The Balaban J connectivity index is 5.02. The topological polar surface area (TPSA) is 127 Å². The minimum absolute atomic E-state index is 0.0125. The molecule has 0 atom stereocenters. The fraction of sp³-hybridized carbons (Fsp3) is 0.727. The molecule has 1 amide bonds. The number of primary amides is 1. The molecule has 0 heterocycles. The van der Waals surface area contributed by atoms with Crippen molar-refractivity contribution in [1.29, 1.82) is 0 Å². The summed E-state index contributed by atoms with van der Waals surface area (Å²) in [4.78, 5) is 26.9. The first-order valence-corrected chi connectivity index (χ1v) is 7.92. The molecule has 0 aliphatic carbocycles. The molecule has 0 aliphatic rings. The smallest absolute Gasteiger partial charge is 0.432 e. The molecule has 0 bridgehead atoms. The molecular formula is C11H21N2O7P. The van der Waals surface area contributed by atoms with Gasteiger partial charge in [-0.1, -0.05) is 19.0 Å². The average molecular weight is 324 g/mol. The molecule has 0 unspecified atom stereocenters. The van der Waals surface area contributed by atoms with Gasteiger partial charge in [0.1, 0.15) is 0 Å². The van der Waals surface area contributed by atoms with E-state index in [1.807, 2.05) is 13.8 Å². The van der Waals surface area contributed by atoms with Crippen LogP contribution < -0.4 is 5.73 Å². The lowest BCUT2D eigenvalue weighted by molar-refractivity contribution is -0.111. The maximum Gasteiger partial charge on any atom is 0.535 e. The van der Waals surface area contributed by atoms with Crippen molar-refractivity contribution in [3.8, 4) is 0 Å². The van der Waals surface area contributed by atoms with Crippen molar-refractivity contribution in [2.45, 2.75) is 27.7 Å². The number of carbonyl (C=O) groups is 2. The Kier molecular flexibility index (Phi) is 8.84. The molecule has 122 valence electrons. The molecule has 0 saturated carbocycles. The quantitative estimate of drug-likeness (QED) is 0.225. The van der Waals surface area contributed by atoms with Gasteiger partial charge in [-0.25, -0.2) is 4.79 Å². The van der Waals surface area contributed by atoms with Crippen molar-refractivity contribution < 1.29 is 32.8 Å². The summed E-state index contributed by atoms with van der Waals surface area (Å²) in [5.41, 5.74) is 4.26. The van der Waals surface area contributed by atoms with Crippen LogP contribution in [-0.2, 0) is 28.0 Å². The van der Waals surface area contributed by atoms with Gasteiger partial charge in [-0.05, 0) is 19.8 Å². The molecule has 0 fully saturated rings. The predicted molar refractivity (Wildman–Crippen MR) is 74.8 cm³/mol. The highest BCUT2D eigenvalue weighted by molar-refractivity contribution is 7.75. The molecule has 0 aliphatic heterocycles. The van der Waals surface area contributed by atoms with E-state index in [1.54, 1.807) is 13.8 Å². The number of ether oxygens (including phenoxy) is 1. The van der Waals surface area contributed by atoms with E-state index in [0.29, 0.717) is 0 Å². The minimum Gasteiger partial charge on any atom is -0.432 e. The Labute approximate surface area is 123 Å². The van der Waals surface area contributed by atoms with E-state index in [4.69, 9.17) is 14.8 Å². The highest BCUT2D eigenvalue weighted by Gasteiger charge is 2.37. The summed E-state index contributed by atoms with van der Waals surface area (Å²) in [5, 5.41) is 3.16. The van der Waals surface area contributed by atoms with Gasteiger partial charge in [-0.2, -0.15) is 0 Å². The fourth-order valence-corrected chi connectivity index (χ4v) is 2.48. The first-order valence-electron chi connectivity index (χ1n) is 6.38. The zero-order valence-electron chi connectivity index (χ0n) is 12.5. The zero-order valence-corrected chi connectivity index (χ0v) is 13.4. The van der Waals surface area contributed by atoms with Gasteiger partial charge in [0.25, 0.3) is 11.4 Å². The Morgan fingerprint density at radius 2 is 1.71 bits per heavy atom. The van der Waals surface area contributed by atoms with Crippen molar-refractivity contribution in [3.63, 3.8) is 0 Å². The summed E-state index contributed by atoms with van der Waals surface area (Å²) >= 11 is 0. The number of oxime groups is 1. The number of nitrogens with two attached hydrogens (primary N) is 1. The molecule has 0 saturated heterocycles. The van der Waals surface area contributed by atoms with Gasteiger partial charge >= 0.3 is 13.8 Å². The van der Waals surface area contributed by atoms with Crippen LogP contribution in [-0.4, -0.2) is 37.3 Å². The molecule has 10 heteroatoms. The van der Waals surface area contributed by atoms with Crippen LogP contribution in [0, 0.1) is 5.92 Å². The lowest BCUT2D eigenvalue weighted by atomic mass is 10.2. The summed E-state index contributed by atoms with van der Waals surface area (Å²) in [5.74, 6) is -1.09. The first kappa shape index (κ1) is 19.6. The zero-order chi connectivity index (χ0) is 16.5. The predicted octanol–water partition coefficient (Wildman–Crippen LogP) is 1.86. The molecule has 0 aromatic rings. The van der Waals surface area contributed by atoms with Gasteiger partial charge in [-0.15, -0.1) is 0 Å². The van der Waals surface area contributed by atoms with Crippen molar-refractivity contribution in [2.75, 3.05) is 19.8 Å². The highest BCUT2D eigenvalue weighted by atomic mass is 31.2. The average Bonchev–Trinajstić information content (AvgIpc) is 2.36. The van der Waals surface area contributed by atoms with Crippen molar-refractivity contribution >= 4 is 25.1 Å². The van der Waals surface area contributed by atoms with Gasteiger partial charge in [-0.3, -0.25) is 14.2 Å². The molecule has 0 aromatic heterocycles. The Hall–Kier alpha value is -1.44. The van der Waals surface area contributed by atoms with E-state index in [1.165, 1.54) is 0 Å². The Morgan fingerprint density at radius 3 is 2.10 bits per heavy atom. The van der Waals surface area contributed by atoms with Gasteiger partial charge in [0.05, 0.1) is 19.8 Å². The number of carbonyl (C=O) groups excluding carboxylic acids is 2. The van der Waals surface area contributed by atoms with E-state index < -0.39 is 25.1 Å². The van der Waals surface area contributed by atoms with Gasteiger partial charge < -0.3 is 19.5 Å². The van der Waals surface area contributed by atoms with Crippen LogP contribution >= 0.6 is 7.60 Å². The van der Waals surface area contributed by atoms with Crippen LogP contribution in [0.5, 0.6) is 0 Å².